The number of likely N-dealkylation sites (tertiary alicyclic amines) is 1. The maximum Gasteiger partial charge on any atom is 0.312 e. The lowest BCUT2D eigenvalue weighted by atomic mass is 9.62. The molecule has 0 aromatic rings. The van der Waals surface area contributed by atoms with Gasteiger partial charge in [-0.15, -0.1) is 0 Å². The van der Waals surface area contributed by atoms with Gasteiger partial charge in [0, 0.05) is 13.1 Å². The Morgan fingerprint density at radius 3 is 2.69 bits per heavy atom. The minimum Gasteiger partial charge on any atom is -0.466 e. The SMILES string of the molecule is CCCCCNC(=O)C1N(CCO)C(=O)[C@@H]2[C@@H](C(=O)OCC)[C@]3(C)OC12CC3C. The van der Waals surface area contributed by atoms with Gasteiger partial charge in [0.2, 0.25) is 11.8 Å². The summed E-state index contributed by atoms with van der Waals surface area (Å²) >= 11 is 0. The van der Waals surface area contributed by atoms with Gasteiger partial charge in [-0.05, 0) is 32.6 Å². The lowest BCUT2D eigenvalue weighted by molar-refractivity contribution is -0.161. The fraction of sp³-hybridized carbons (Fsp3) is 0.857. The van der Waals surface area contributed by atoms with Crippen LogP contribution in [0.3, 0.4) is 0 Å². The number of esters is 1. The zero-order chi connectivity index (χ0) is 21.4. The first-order chi connectivity index (χ1) is 13.8. The molecule has 1 spiro atoms. The summed E-state index contributed by atoms with van der Waals surface area (Å²) in [5.41, 5.74) is -1.91. The van der Waals surface area contributed by atoms with Crippen molar-refractivity contribution in [3.63, 3.8) is 0 Å². The predicted molar refractivity (Wildman–Crippen MR) is 105 cm³/mol. The van der Waals surface area contributed by atoms with Gasteiger partial charge in [-0.25, -0.2) is 0 Å². The quantitative estimate of drug-likeness (QED) is 0.431. The highest BCUT2D eigenvalue weighted by atomic mass is 16.6. The van der Waals surface area contributed by atoms with Crippen LogP contribution in [-0.4, -0.2) is 71.3 Å². The van der Waals surface area contributed by atoms with Crippen molar-refractivity contribution in [1.82, 2.24) is 10.2 Å². The van der Waals surface area contributed by atoms with Gasteiger partial charge < -0.3 is 24.8 Å². The number of β-amino-alcohol motifs (C(OH)–C–C–N with tert-alkyl or cyclic N) is 1. The van der Waals surface area contributed by atoms with Crippen LogP contribution in [0.2, 0.25) is 0 Å². The second-order valence-corrected chi connectivity index (χ2v) is 8.71. The molecular formula is C21H34N2O6. The molecule has 2 N–H and O–H groups in total. The van der Waals surface area contributed by atoms with E-state index in [1.807, 2.05) is 13.8 Å². The zero-order valence-electron chi connectivity index (χ0n) is 17.9. The molecule has 2 bridgehead atoms. The highest BCUT2D eigenvalue weighted by molar-refractivity contribution is 5.98. The Morgan fingerprint density at radius 2 is 2.07 bits per heavy atom. The summed E-state index contributed by atoms with van der Waals surface area (Å²) in [7, 11) is 0. The molecule has 0 aromatic heterocycles. The third-order valence-electron chi connectivity index (χ3n) is 7.02. The fourth-order valence-electron chi connectivity index (χ4n) is 5.66. The molecule has 29 heavy (non-hydrogen) atoms. The number of unbranched alkanes of at least 4 members (excludes halogenated alkanes) is 2. The number of rotatable bonds is 9. The van der Waals surface area contributed by atoms with Gasteiger partial charge in [0.25, 0.3) is 0 Å². The normalized spacial score (nSPS) is 37.7. The topological polar surface area (TPSA) is 105 Å². The monoisotopic (exact) mass is 410 g/mol. The molecule has 0 radical (unpaired) electrons. The smallest absolute Gasteiger partial charge is 0.312 e. The molecule has 3 aliphatic rings. The van der Waals surface area contributed by atoms with Crippen LogP contribution in [0.5, 0.6) is 0 Å². The van der Waals surface area contributed by atoms with E-state index in [0.717, 1.165) is 19.3 Å². The molecule has 3 saturated heterocycles. The number of amides is 2. The Bertz CT molecular complexity index is 670. The average Bonchev–Trinajstić information content (AvgIpc) is 3.17. The molecule has 6 atom stereocenters. The third-order valence-corrected chi connectivity index (χ3v) is 7.02. The van der Waals surface area contributed by atoms with Crippen LogP contribution < -0.4 is 5.32 Å². The summed E-state index contributed by atoms with van der Waals surface area (Å²) in [5, 5.41) is 12.5. The van der Waals surface area contributed by atoms with E-state index in [4.69, 9.17) is 9.47 Å². The zero-order valence-corrected chi connectivity index (χ0v) is 17.9. The Hall–Kier alpha value is -1.67. The minimum atomic E-state index is -1.06. The highest BCUT2D eigenvalue weighted by Crippen LogP contribution is 2.65. The molecule has 3 heterocycles. The minimum absolute atomic E-state index is 0.00887. The Morgan fingerprint density at radius 1 is 1.34 bits per heavy atom. The van der Waals surface area contributed by atoms with Crippen LogP contribution in [0.25, 0.3) is 0 Å². The van der Waals surface area contributed by atoms with Gasteiger partial charge in [-0.2, -0.15) is 0 Å². The molecule has 3 unspecified atom stereocenters. The van der Waals surface area contributed by atoms with Crippen LogP contribution >= 0.6 is 0 Å². The highest BCUT2D eigenvalue weighted by Gasteiger charge is 2.80. The number of carbonyl (C=O) groups excluding carboxylic acids is 3. The number of hydrogen-bond acceptors (Lipinski definition) is 6. The maximum atomic E-state index is 13.4. The van der Waals surface area contributed by atoms with Gasteiger partial charge in [0.1, 0.15) is 17.6 Å². The van der Waals surface area contributed by atoms with Gasteiger partial charge in [0.05, 0.1) is 24.7 Å². The number of fused-ring (bicyclic) bond motifs is 1. The van der Waals surface area contributed by atoms with E-state index in [1.165, 1.54) is 4.90 Å². The number of aliphatic hydroxyl groups is 1. The van der Waals surface area contributed by atoms with E-state index < -0.39 is 35.0 Å². The molecule has 8 heteroatoms. The first-order valence-corrected chi connectivity index (χ1v) is 10.8. The molecular weight excluding hydrogens is 376 g/mol. The molecule has 8 nitrogen and oxygen atoms in total. The van der Waals surface area contributed by atoms with Crippen molar-refractivity contribution < 1.29 is 29.0 Å². The summed E-state index contributed by atoms with van der Waals surface area (Å²) in [6.45, 7) is 8.19. The van der Waals surface area contributed by atoms with Crippen molar-refractivity contribution in [2.75, 3.05) is 26.3 Å². The lowest BCUT2D eigenvalue weighted by Gasteiger charge is -2.35. The van der Waals surface area contributed by atoms with Crippen LogP contribution in [0.1, 0.15) is 53.4 Å². The molecule has 3 rings (SSSR count). The predicted octanol–water partition coefficient (Wildman–Crippen LogP) is 0.859. The first kappa shape index (κ1) is 22.0. The van der Waals surface area contributed by atoms with Gasteiger partial charge in [-0.3, -0.25) is 14.4 Å². The van der Waals surface area contributed by atoms with Crippen molar-refractivity contribution in [3.8, 4) is 0 Å². The van der Waals surface area contributed by atoms with Crippen LogP contribution in [-0.2, 0) is 23.9 Å². The van der Waals surface area contributed by atoms with E-state index in [1.54, 1.807) is 6.92 Å². The Balaban J connectivity index is 1.96. The van der Waals surface area contributed by atoms with E-state index in [-0.39, 0.29) is 37.5 Å². The largest absolute Gasteiger partial charge is 0.466 e. The van der Waals surface area contributed by atoms with Crippen LogP contribution in [0.4, 0.5) is 0 Å². The molecule has 0 aromatic carbocycles. The second kappa shape index (κ2) is 8.22. The van der Waals surface area contributed by atoms with Gasteiger partial charge >= 0.3 is 5.97 Å². The fourth-order valence-corrected chi connectivity index (χ4v) is 5.66. The van der Waals surface area contributed by atoms with E-state index in [0.29, 0.717) is 13.0 Å². The lowest BCUT2D eigenvalue weighted by Crippen LogP contribution is -2.56. The molecule has 164 valence electrons. The van der Waals surface area contributed by atoms with Crippen LogP contribution in [0, 0.1) is 17.8 Å². The van der Waals surface area contributed by atoms with Crippen LogP contribution in [0.15, 0.2) is 0 Å². The summed E-state index contributed by atoms with van der Waals surface area (Å²) in [6.07, 6.45) is 3.43. The van der Waals surface area contributed by atoms with E-state index >= 15 is 0 Å². The Labute approximate surface area is 172 Å². The standard InChI is InChI=1S/C21H34N2O6/c1-5-7-8-9-22-17(25)16-21-12-13(3)20(4,29-21)15(19(27)28-6-2)14(21)18(26)23(16)10-11-24/h13-16,24H,5-12H2,1-4H3,(H,22,25)/t13?,14-,15-,16?,20+,21?/m0/s1. The first-order valence-electron chi connectivity index (χ1n) is 10.8. The second-order valence-electron chi connectivity index (χ2n) is 8.71. The number of ether oxygens (including phenoxy) is 2. The maximum absolute atomic E-state index is 13.4. The summed E-state index contributed by atoms with van der Waals surface area (Å²) in [6, 6.07) is -0.850. The Kier molecular flexibility index (Phi) is 6.24. The summed E-state index contributed by atoms with van der Waals surface area (Å²) < 4.78 is 11.8. The van der Waals surface area contributed by atoms with E-state index in [9.17, 15) is 19.5 Å². The summed E-state index contributed by atoms with van der Waals surface area (Å²) in [4.78, 5) is 40.8. The molecule has 3 aliphatic heterocycles. The van der Waals surface area contributed by atoms with Gasteiger partial charge in [0.15, 0.2) is 0 Å². The molecule has 0 saturated carbocycles. The summed E-state index contributed by atoms with van der Waals surface area (Å²) in [5.74, 6) is -2.55. The van der Waals surface area contributed by atoms with E-state index in [2.05, 4.69) is 12.2 Å². The van der Waals surface area contributed by atoms with Crippen molar-refractivity contribution in [2.24, 2.45) is 17.8 Å². The van der Waals surface area contributed by atoms with Crippen molar-refractivity contribution in [1.29, 1.82) is 0 Å². The number of nitrogens with zero attached hydrogens (tertiary/aromatic N) is 1. The number of hydrogen-bond donors (Lipinski definition) is 2. The van der Waals surface area contributed by atoms with Crippen molar-refractivity contribution in [3.05, 3.63) is 0 Å². The number of carbonyl (C=O) groups is 3. The number of aliphatic hydroxyl groups excluding tert-OH is 1. The van der Waals surface area contributed by atoms with Gasteiger partial charge in [-0.1, -0.05) is 26.7 Å². The third kappa shape index (κ3) is 3.24. The number of nitrogens with one attached hydrogen (secondary N) is 1. The molecule has 0 aliphatic carbocycles. The molecule has 2 amide bonds. The molecule has 3 fully saturated rings. The van der Waals surface area contributed by atoms with Crippen molar-refractivity contribution in [2.45, 2.75) is 70.6 Å². The van der Waals surface area contributed by atoms with Crippen molar-refractivity contribution >= 4 is 17.8 Å². The average molecular weight is 411 g/mol.